The van der Waals surface area contributed by atoms with E-state index in [9.17, 15) is 14.7 Å². The van der Waals surface area contributed by atoms with Crippen LogP contribution in [0.1, 0.15) is 48.5 Å². The molecule has 1 aliphatic rings. The molecule has 1 heterocycles. The van der Waals surface area contributed by atoms with E-state index in [0.29, 0.717) is 11.3 Å². The molecule has 5 nitrogen and oxygen atoms in total. The Morgan fingerprint density at radius 3 is 2.44 bits per heavy atom. The van der Waals surface area contributed by atoms with E-state index in [0.717, 1.165) is 38.6 Å². The monoisotopic (exact) mass is 366 g/mol. The lowest BCUT2D eigenvalue weighted by atomic mass is 9.95. The van der Waals surface area contributed by atoms with E-state index in [-0.39, 0.29) is 23.6 Å². The number of carbonyl (C=O) groups is 2. The van der Waals surface area contributed by atoms with Gasteiger partial charge >= 0.3 is 0 Å². The minimum absolute atomic E-state index is 0.0554. The number of aromatic hydroxyl groups is 1. The number of nitrogens with zero attached hydrogens (tertiary/aromatic N) is 1. The summed E-state index contributed by atoms with van der Waals surface area (Å²) in [4.78, 5) is 26.1. The Bertz CT molecular complexity index is 784. The summed E-state index contributed by atoms with van der Waals surface area (Å²) in [5.74, 6) is 0.204. The van der Waals surface area contributed by atoms with Gasteiger partial charge in [-0.2, -0.15) is 0 Å². The first-order valence-corrected chi connectivity index (χ1v) is 9.49. The second kappa shape index (κ2) is 8.71. The first-order chi connectivity index (χ1) is 13.0. The minimum atomic E-state index is -0.126. The van der Waals surface area contributed by atoms with Crippen LogP contribution in [0.5, 0.6) is 5.75 Å². The molecule has 2 aromatic carbocycles. The van der Waals surface area contributed by atoms with Gasteiger partial charge in [0.1, 0.15) is 5.75 Å². The molecule has 27 heavy (non-hydrogen) atoms. The number of phenols is 1. The second-order valence-corrected chi connectivity index (χ2v) is 7.11. The molecular formula is C22H26N2O3. The summed E-state index contributed by atoms with van der Waals surface area (Å²) in [6, 6.07) is 14.6. The lowest BCUT2D eigenvalue weighted by molar-refractivity contribution is -0.114. The molecule has 142 valence electrons. The number of likely N-dealkylation sites (tertiary alicyclic amines) is 1. The number of nitrogens with one attached hydrogen (secondary N) is 1. The fraction of sp³-hybridized carbons (Fsp3) is 0.364. The van der Waals surface area contributed by atoms with Crippen molar-refractivity contribution in [2.45, 2.75) is 45.1 Å². The highest BCUT2D eigenvalue weighted by Crippen LogP contribution is 2.24. The van der Waals surface area contributed by atoms with Crippen LogP contribution in [-0.2, 0) is 11.2 Å². The fourth-order valence-electron chi connectivity index (χ4n) is 3.63. The number of hydrogen-bond donors (Lipinski definition) is 2. The first kappa shape index (κ1) is 19.0. The molecule has 0 radical (unpaired) electrons. The highest BCUT2D eigenvalue weighted by molar-refractivity contribution is 5.95. The summed E-state index contributed by atoms with van der Waals surface area (Å²) in [5, 5.41) is 12.1. The Labute approximate surface area is 160 Å². The number of benzene rings is 2. The van der Waals surface area contributed by atoms with Crippen LogP contribution in [-0.4, -0.2) is 34.4 Å². The molecule has 0 unspecified atom stereocenters. The van der Waals surface area contributed by atoms with E-state index in [1.807, 2.05) is 17.0 Å². The van der Waals surface area contributed by atoms with Gasteiger partial charge in [-0.3, -0.25) is 9.59 Å². The van der Waals surface area contributed by atoms with Crippen LogP contribution in [0.25, 0.3) is 0 Å². The number of rotatable bonds is 5. The van der Waals surface area contributed by atoms with Gasteiger partial charge in [-0.25, -0.2) is 0 Å². The van der Waals surface area contributed by atoms with Crippen LogP contribution < -0.4 is 5.32 Å². The molecule has 2 aromatic rings. The Kier molecular flexibility index (Phi) is 6.12. The number of amides is 2. The van der Waals surface area contributed by atoms with E-state index >= 15 is 0 Å². The quantitative estimate of drug-likeness (QED) is 0.841. The van der Waals surface area contributed by atoms with Gasteiger partial charge in [0.25, 0.3) is 5.91 Å². The summed E-state index contributed by atoms with van der Waals surface area (Å²) in [5.41, 5.74) is 2.52. The van der Waals surface area contributed by atoms with Crippen molar-refractivity contribution in [3.05, 3.63) is 59.7 Å². The van der Waals surface area contributed by atoms with Crippen LogP contribution >= 0.6 is 0 Å². The van der Waals surface area contributed by atoms with Crippen LogP contribution in [0, 0.1) is 0 Å². The van der Waals surface area contributed by atoms with E-state index in [1.54, 1.807) is 36.4 Å². The standard InChI is InChI=1S/C22H26N2O3/c1-16(25)23-19-10-8-18(9-11-19)22(27)24-15-3-2-4-20(24)12-5-17-6-13-21(26)14-7-17/h6-11,13-14,20,26H,2-5,12,15H2,1H3,(H,23,25)/t20-/m0/s1. The molecule has 2 amide bonds. The first-order valence-electron chi connectivity index (χ1n) is 9.49. The maximum atomic E-state index is 13.0. The predicted molar refractivity (Wildman–Crippen MR) is 106 cm³/mol. The van der Waals surface area contributed by atoms with Crippen molar-refractivity contribution in [3.8, 4) is 5.75 Å². The highest BCUT2D eigenvalue weighted by atomic mass is 16.3. The normalized spacial score (nSPS) is 16.8. The van der Waals surface area contributed by atoms with E-state index in [4.69, 9.17) is 0 Å². The lowest BCUT2D eigenvalue weighted by Crippen LogP contribution is -2.44. The number of piperidine rings is 1. The van der Waals surface area contributed by atoms with Gasteiger partial charge in [-0.15, -0.1) is 0 Å². The SMILES string of the molecule is CC(=O)Nc1ccc(C(=O)N2CCCC[C@H]2CCc2ccc(O)cc2)cc1. The fourth-order valence-corrected chi connectivity index (χ4v) is 3.63. The Hall–Kier alpha value is -2.82. The maximum absolute atomic E-state index is 13.0. The topological polar surface area (TPSA) is 69.6 Å². The Morgan fingerprint density at radius 2 is 1.78 bits per heavy atom. The molecule has 1 fully saturated rings. The maximum Gasteiger partial charge on any atom is 0.254 e. The number of anilines is 1. The molecule has 1 atom stereocenters. The molecule has 2 N–H and O–H groups in total. The Morgan fingerprint density at radius 1 is 1.07 bits per heavy atom. The molecular weight excluding hydrogens is 340 g/mol. The average molecular weight is 366 g/mol. The van der Waals surface area contributed by atoms with Gasteiger partial charge in [-0.1, -0.05) is 12.1 Å². The number of phenolic OH excluding ortho intramolecular Hbond substituents is 1. The molecule has 0 bridgehead atoms. The van der Waals surface area contributed by atoms with Crippen molar-refractivity contribution in [2.24, 2.45) is 0 Å². The molecule has 1 aliphatic heterocycles. The van der Waals surface area contributed by atoms with Gasteiger partial charge < -0.3 is 15.3 Å². The van der Waals surface area contributed by atoms with Gasteiger partial charge in [-0.05, 0) is 74.1 Å². The molecule has 3 rings (SSSR count). The van der Waals surface area contributed by atoms with Gasteiger partial charge in [0.15, 0.2) is 0 Å². The molecule has 0 spiro atoms. The number of carbonyl (C=O) groups excluding carboxylic acids is 2. The van der Waals surface area contributed by atoms with E-state index in [1.165, 1.54) is 12.5 Å². The predicted octanol–water partition coefficient (Wildman–Crippen LogP) is 3.98. The summed E-state index contributed by atoms with van der Waals surface area (Å²) in [6.07, 6.45) is 5.00. The lowest BCUT2D eigenvalue weighted by Gasteiger charge is -2.36. The van der Waals surface area contributed by atoms with Crippen molar-refractivity contribution >= 4 is 17.5 Å². The van der Waals surface area contributed by atoms with E-state index in [2.05, 4.69) is 5.32 Å². The number of hydrogen-bond acceptors (Lipinski definition) is 3. The highest BCUT2D eigenvalue weighted by Gasteiger charge is 2.27. The van der Waals surface area contributed by atoms with Crippen molar-refractivity contribution in [2.75, 3.05) is 11.9 Å². The summed E-state index contributed by atoms with van der Waals surface area (Å²) in [7, 11) is 0. The zero-order chi connectivity index (χ0) is 19.2. The molecule has 0 aromatic heterocycles. The summed E-state index contributed by atoms with van der Waals surface area (Å²) in [6.45, 7) is 2.25. The third-order valence-electron chi connectivity index (χ3n) is 5.04. The van der Waals surface area contributed by atoms with Gasteiger partial charge in [0.05, 0.1) is 0 Å². The second-order valence-electron chi connectivity index (χ2n) is 7.11. The minimum Gasteiger partial charge on any atom is -0.508 e. The Balaban J connectivity index is 1.65. The average Bonchev–Trinajstić information content (AvgIpc) is 2.67. The van der Waals surface area contributed by atoms with Crippen molar-refractivity contribution < 1.29 is 14.7 Å². The largest absolute Gasteiger partial charge is 0.508 e. The van der Waals surface area contributed by atoms with Crippen LogP contribution in [0.3, 0.4) is 0 Å². The number of aryl methyl sites for hydroxylation is 1. The third kappa shape index (κ3) is 5.09. The zero-order valence-corrected chi connectivity index (χ0v) is 15.6. The molecule has 1 saturated heterocycles. The third-order valence-corrected chi connectivity index (χ3v) is 5.04. The van der Waals surface area contributed by atoms with Crippen molar-refractivity contribution in [1.29, 1.82) is 0 Å². The zero-order valence-electron chi connectivity index (χ0n) is 15.6. The molecule has 0 saturated carbocycles. The van der Waals surface area contributed by atoms with Gasteiger partial charge in [0.2, 0.25) is 5.91 Å². The summed E-state index contributed by atoms with van der Waals surface area (Å²) < 4.78 is 0. The van der Waals surface area contributed by atoms with E-state index < -0.39 is 0 Å². The van der Waals surface area contributed by atoms with Crippen LogP contribution in [0.4, 0.5) is 5.69 Å². The smallest absolute Gasteiger partial charge is 0.254 e. The van der Waals surface area contributed by atoms with Crippen LogP contribution in [0.15, 0.2) is 48.5 Å². The van der Waals surface area contributed by atoms with Gasteiger partial charge in [0, 0.05) is 30.8 Å². The van der Waals surface area contributed by atoms with Crippen molar-refractivity contribution in [1.82, 2.24) is 4.90 Å². The van der Waals surface area contributed by atoms with Crippen molar-refractivity contribution in [3.63, 3.8) is 0 Å². The molecule has 0 aliphatic carbocycles. The summed E-state index contributed by atoms with van der Waals surface area (Å²) >= 11 is 0. The molecule has 5 heteroatoms. The van der Waals surface area contributed by atoms with Crippen LogP contribution in [0.2, 0.25) is 0 Å².